The second-order valence-corrected chi connectivity index (χ2v) is 7.05. The minimum atomic E-state index is -0.772. The molecule has 1 aliphatic heterocycles. The van der Waals surface area contributed by atoms with Crippen molar-refractivity contribution >= 4 is 17.4 Å². The van der Waals surface area contributed by atoms with Gasteiger partial charge in [-0.2, -0.15) is 11.8 Å². The molecule has 128 valence electrons. The van der Waals surface area contributed by atoms with Crippen molar-refractivity contribution in [3.63, 3.8) is 0 Å². The van der Waals surface area contributed by atoms with Crippen LogP contribution in [0, 0.1) is 17.0 Å². The van der Waals surface area contributed by atoms with Crippen molar-refractivity contribution in [1.82, 2.24) is 4.90 Å². The molecular formula is C17H20N2O4S. The summed E-state index contributed by atoms with van der Waals surface area (Å²) in [5, 5.41) is 21.5. The lowest BCUT2D eigenvalue weighted by Gasteiger charge is -2.35. The molecular weight excluding hydrogens is 328 g/mol. The highest BCUT2D eigenvalue weighted by atomic mass is 32.2. The molecule has 1 aromatic heterocycles. The quantitative estimate of drug-likeness (QED) is 0.659. The van der Waals surface area contributed by atoms with Crippen molar-refractivity contribution in [2.45, 2.75) is 19.1 Å². The second kappa shape index (κ2) is 7.38. The van der Waals surface area contributed by atoms with E-state index in [0.717, 1.165) is 29.6 Å². The lowest BCUT2D eigenvalue weighted by Crippen LogP contribution is -2.38. The Kier molecular flexibility index (Phi) is 5.23. The minimum Gasteiger partial charge on any atom is -0.465 e. The van der Waals surface area contributed by atoms with Gasteiger partial charge in [0, 0.05) is 36.7 Å². The molecule has 0 amide bonds. The van der Waals surface area contributed by atoms with Crippen LogP contribution in [0.5, 0.6) is 0 Å². The molecule has 6 nitrogen and oxygen atoms in total. The summed E-state index contributed by atoms with van der Waals surface area (Å²) in [6, 6.07) is 10.3. The Morgan fingerprint density at radius 1 is 1.46 bits per heavy atom. The van der Waals surface area contributed by atoms with Crippen LogP contribution >= 0.6 is 11.8 Å². The van der Waals surface area contributed by atoms with Crippen molar-refractivity contribution in [2.75, 3.05) is 24.6 Å². The first-order chi connectivity index (χ1) is 11.5. The first-order valence-corrected chi connectivity index (χ1v) is 9.00. The summed E-state index contributed by atoms with van der Waals surface area (Å²) >= 11 is 1.87. The Balaban J connectivity index is 1.75. The van der Waals surface area contributed by atoms with Gasteiger partial charge < -0.3 is 9.52 Å². The van der Waals surface area contributed by atoms with Gasteiger partial charge in [-0.05, 0) is 24.6 Å². The number of aryl methyl sites for hydroxylation is 1. The summed E-state index contributed by atoms with van der Waals surface area (Å²) in [6.45, 7) is 3.19. The maximum atomic E-state index is 10.9. The number of nitrogens with zero attached hydrogens (tertiary/aromatic N) is 2. The molecule has 0 unspecified atom stereocenters. The number of aliphatic hydroxyl groups excluding tert-OH is 1. The van der Waals surface area contributed by atoms with Crippen LogP contribution < -0.4 is 0 Å². The molecule has 0 aliphatic carbocycles. The molecule has 0 saturated carbocycles. The third kappa shape index (κ3) is 3.80. The Labute approximate surface area is 144 Å². The lowest BCUT2D eigenvalue weighted by molar-refractivity contribution is -0.385. The molecule has 7 heteroatoms. The van der Waals surface area contributed by atoms with Gasteiger partial charge in [-0.25, -0.2) is 0 Å². The van der Waals surface area contributed by atoms with Gasteiger partial charge in [0.05, 0.1) is 17.1 Å². The number of benzene rings is 1. The normalized spacial score (nSPS) is 20.0. The molecule has 2 aromatic rings. The van der Waals surface area contributed by atoms with Crippen LogP contribution in [0.15, 0.2) is 40.8 Å². The smallest absolute Gasteiger partial charge is 0.269 e. The zero-order chi connectivity index (χ0) is 17.1. The number of β-amino-alcohol motifs (C(OH)–C–C–N with tert-alkyl or cyclic N) is 1. The molecule has 0 radical (unpaired) electrons. The fourth-order valence-corrected chi connectivity index (χ4v) is 4.05. The van der Waals surface area contributed by atoms with Gasteiger partial charge in [-0.1, -0.05) is 12.1 Å². The van der Waals surface area contributed by atoms with E-state index < -0.39 is 11.0 Å². The van der Waals surface area contributed by atoms with Crippen molar-refractivity contribution in [3.05, 3.63) is 63.6 Å². The van der Waals surface area contributed by atoms with Gasteiger partial charge >= 0.3 is 0 Å². The number of rotatable bonds is 5. The average molecular weight is 348 g/mol. The number of nitro groups is 1. The third-order valence-electron chi connectivity index (χ3n) is 4.20. The van der Waals surface area contributed by atoms with Gasteiger partial charge in [0.2, 0.25) is 0 Å². The van der Waals surface area contributed by atoms with E-state index in [9.17, 15) is 15.2 Å². The fraction of sp³-hybridized carbons (Fsp3) is 0.412. The second-order valence-electron chi connectivity index (χ2n) is 5.90. The Hall–Kier alpha value is -1.83. The molecule has 2 heterocycles. The molecule has 2 atom stereocenters. The predicted octanol–water partition coefficient (Wildman–Crippen LogP) is 3.32. The number of nitro benzene ring substituents is 1. The average Bonchev–Trinajstić information content (AvgIpc) is 3.01. The molecule has 1 aromatic carbocycles. The zero-order valence-electron chi connectivity index (χ0n) is 13.4. The van der Waals surface area contributed by atoms with Gasteiger partial charge in [0.25, 0.3) is 5.69 Å². The fourth-order valence-electron chi connectivity index (χ4n) is 2.92. The molecule has 1 aliphatic rings. The van der Waals surface area contributed by atoms with E-state index in [1.165, 1.54) is 12.1 Å². The predicted molar refractivity (Wildman–Crippen MR) is 93.1 cm³/mol. The molecule has 1 fully saturated rings. The van der Waals surface area contributed by atoms with E-state index in [4.69, 9.17) is 4.42 Å². The number of furan rings is 1. The summed E-state index contributed by atoms with van der Waals surface area (Å²) in [7, 11) is 0. The SMILES string of the molecule is Cc1ccc([C@@H]2CSCCN2C[C@H](O)c2cccc([N+](=O)[O-])c2)o1. The van der Waals surface area contributed by atoms with Crippen LogP contribution in [0.25, 0.3) is 0 Å². The van der Waals surface area contributed by atoms with E-state index in [1.54, 1.807) is 12.1 Å². The first-order valence-electron chi connectivity index (χ1n) is 7.85. The Morgan fingerprint density at radius 3 is 3.00 bits per heavy atom. The maximum Gasteiger partial charge on any atom is 0.269 e. The molecule has 0 bridgehead atoms. The number of thioether (sulfide) groups is 1. The largest absolute Gasteiger partial charge is 0.465 e. The number of non-ortho nitro benzene ring substituents is 1. The number of aliphatic hydroxyl groups is 1. The molecule has 3 rings (SSSR count). The summed E-state index contributed by atoms with van der Waals surface area (Å²) < 4.78 is 5.77. The van der Waals surface area contributed by atoms with Crippen LogP contribution in [0.2, 0.25) is 0 Å². The van der Waals surface area contributed by atoms with Crippen molar-refractivity contribution < 1.29 is 14.4 Å². The van der Waals surface area contributed by atoms with Crippen LogP contribution in [-0.4, -0.2) is 39.5 Å². The standard InChI is InChI=1S/C17H20N2O4S/c1-12-5-6-17(23-12)15-11-24-8-7-18(15)10-16(20)13-3-2-4-14(9-13)19(21)22/h2-6,9,15-16,20H,7-8,10-11H2,1H3/t15-,16-/m0/s1. The van der Waals surface area contributed by atoms with E-state index in [0.29, 0.717) is 12.1 Å². The molecule has 1 saturated heterocycles. The summed E-state index contributed by atoms with van der Waals surface area (Å²) in [5.74, 6) is 3.69. The van der Waals surface area contributed by atoms with E-state index in [-0.39, 0.29) is 11.7 Å². The molecule has 1 N–H and O–H groups in total. The van der Waals surface area contributed by atoms with Crippen LogP contribution in [0.4, 0.5) is 5.69 Å². The maximum absolute atomic E-state index is 10.9. The number of hydrogen-bond donors (Lipinski definition) is 1. The summed E-state index contributed by atoms with van der Waals surface area (Å²) in [5.41, 5.74) is 0.566. The highest BCUT2D eigenvalue weighted by molar-refractivity contribution is 7.99. The number of hydrogen-bond acceptors (Lipinski definition) is 6. The molecule has 24 heavy (non-hydrogen) atoms. The van der Waals surface area contributed by atoms with E-state index in [1.807, 2.05) is 30.8 Å². The van der Waals surface area contributed by atoms with Crippen molar-refractivity contribution in [3.8, 4) is 0 Å². The third-order valence-corrected chi connectivity index (χ3v) is 5.22. The summed E-state index contributed by atoms with van der Waals surface area (Å²) in [6.07, 6.45) is -0.772. The van der Waals surface area contributed by atoms with E-state index >= 15 is 0 Å². The monoisotopic (exact) mass is 348 g/mol. The highest BCUT2D eigenvalue weighted by Crippen LogP contribution is 2.32. The highest BCUT2D eigenvalue weighted by Gasteiger charge is 2.29. The summed E-state index contributed by atoms with van der Waals surface area (Å²) in [4.78, 5) is 12.7. The lowest BCUT2D eigenvalue weighted by atomic mass is 10.1. The Morgan fingerprint density at radius 2 is 2.29 bits per heavy atom. The van der Waals surface area contributed by atoms with E-state index in [2.05, 4.69) is 4.90 Å². The van der Waals surface area contributed by atoms with Crippen molar-refractivity contribution in [1.29, 1.82) is 0 Å². The van der Waals surface area contributed by atoms with Crippen molar-refractivity contribution in [2.24, 2.45) is 0 Å². The Bertz CT molecular complexity index is 718. The van der Waals surface area contributed by atoms with Gasteiger partial charge in [-0.3, -0.25) is 15.0 Å². The van der Waals surface area contributed by atoms with Crippen LogP contribution in [0.3, 0.4) is 0 Å². The van der Waals surface area contributed by atoms with Gasteiger partial charge in [0.15, 0.2) is 0 Å². The van der Waals surface area contributed by atoms with Crippen LogP contribution in [0.1, 0.15) is 29.2 Å². The van der Waals surface area contributed by atoms with Gasteiger partial charge in [0.1, 0.15) is 11.5 Å². The topological polar surface area (TPSA) is 79.8 Å². The molecule has 0 spiro atoms. The van der Waals surface area contributed by atoms with Crippen LogP contribution in [-0.2, 0) is 0 Å². The van der Waals surface area contributed by atoms with Gasteiger partial charge in [-0.15, -0.1) is 0 Å². The first kappa shape index (κ1) is 17.0. The zero-order valence-corrected chi connectivity index (χ0v) is 14.2. The minimum absolute atomic E-state index is 0.000964.